The monoisotopic (exact) mass is 660 g/mol. The van der Waals surface area contributed by atoms with E-state index in [4.69, 9.17) is 10.2 Å². The summed E-state index contributed by atoms with van der Waals surface area (Å²) in [5, 5.41) is 13.8. The molecule has 50 heavy (non-hydrogen) atoms. The quantitative estimate of drug-likeness (QED) is 0.137. The Hall–Kier alpha value is -6.41. The summed E-state index contributed by atoms with van der Waals surface area (Å²) in [5.74, 6) is 0.492. The number of fused-ring (bicyclic) bond motifs is 1. The van der Waals surface area contributed by atoms with Gasteiger partial charge in [-0.1, -0.05) is 152 Å². The van der Waals surface area contributed by atoms with Gasteiger partial charge in [0, 0.05) is 22.1 Å². The maximum Gasteiger partial charge on any atom is 0.433 e. The molecule has 0 saturated carbocycles. The van der Waals surface area contributed by atoms with Gasteiger partial charge < -0.3 is 0 Å². The van der Waals surface area contributed by atoms with Crippen molar-refractivity contribution in [3.05, 3.63) is 192 Å². The van der Waals surface area contributed by atoms with E-state index < -0.39 is 17.4 Å². The Morgan fingerprint density at radius 1 is 0.500 bits per heavy atom. The molecule has 0 aliphatic heterocycles. The van der Waals surface area contributed by atoms with Crippen molar-refractivity contribution in [1.82, 2.24) is 20.4 Å². The summed E-state index contributed by atoms with van der Waals surface area (Å²) in [4.78, 5) is 5.69. The van der Waals surface area contributed by atoms with Gasteiger partial charge in [-0.05, 0) is 55.6 Å². The number of aromatic nitrogens is 5. The number of rotatable bonds is 7. The molecule has 1 N–H and O–H groups in total. The molecule has 0 fully saturated rings. The SMILES string of the molecule is FC(F)(F)c1cc(-c2ccc(-c3ccccc3-c3n[nH][n+](C(c4ccccc4)(c4ccccc4)c4ccccc4)n3)cc2)c2ccccc2n1. The van der Waals surface area contributed by atoms with Gasteiger partial charge in [-0.25, -0.2) is 4.98 Å². The minimum Gasteiger partial charge on any atom is -0.243 e. The first-order valence-corrected chi connectivity index (χ1v) is 16.1. The van der Waals surface area contributed by atoms with E-state index in [2.05, 4.69) is 46.6 Å². The van der Waals surface area contributed by atoms with Crippen molar-refractivity contribution >= 4 is 10.9 Å². The smallest absolute Gasteiger partial charge is 0.243 e. The predicted molar refractivity (Wildman–Crippen MR) is 188 cm³/mol. The van der Waals surface area contributed by atoms with Crippen LogP contribution in [-0.4, -0.2) is 20.4 Å². The molecular formula is C42H29F3N5+. The van der Waals surface area contributed by atoms with E-state index in [1.54, 1.807) is 24.3 Å². The number of H-pyrrole nitrogens is 1. The third-order valence-electron chi connectivity index (χ3n) is 9.02. The maximum atomic E-state index is 13.8. The zero-order valence-corrected chi connectivity index (χ0v) is 26.6. The molecule has 0 atom stereocenters. The number of halogens is 3. The van der Waals surface area contributed by atoms with Crippen molar-refractivity contribution < 1.29 is 18.0 Å². The molecule has 5 nitrogen and oxygen atoms in total. The van der Waals surface area contributed by atoms with Gasteiger partial charge in [-0.15, -0.1) is 0 Å². The second-order valence-electron chi connectivity index (χ2n) is 11.9. The third-order valence-corrected chi connectivity index (χ3v) is 9.02. The number of nitrogens with one attached hydrogen (secondary N) is 1. The van der Waals surface area contributed by atoms with Crippen molar-refractivity contribution in [3.8, 4) is 33.6 Å². The number of aromatic amines is 1. The third kappa shape index (κ3) is 5.41. The Kier molecular flexibility index (Phi) is 7.76. The highest BCUT2D eigenvalue weighted by Crippen LogP contribution is 2.38. The van der Waals surface area contributed by atoms with Crippen molar-refractivity contribution in [3.63, 3.8) is 0 Å². The van der Waals surface area contributed by atoms with Gasteiger partial charge in [0.1, 0.15) is 5.69 Å². The van der Waals surface area contributed by atoms with Crippen LogP contribution in [0, 0.1) is 0 Å². The van der Waals surface area contributed by atoms with Gasteiger partial charge >= 0.3 is 12.0 Å². The van der Waals surface area contributed by atoms with Gasteiger partial charge in [0.05, 0.1) is 16.2 Å². The fourth-order valence-electron chi connectivity index (χ4n) is 6.72. The second kappa shape index (κ2) is 12.6. The van der Waals surface area contributed by atoms with Gasteiger partial charge in [0.2, 0.25) is 5.54 Å². The average Bonchev–Trinajstić information content (AvgIpc) is 3.66. The van der Waals surface area contributed by atoms with Gasteiger partial charge in [-0.3, -0.25) is 0 Å². The first kappa shape index (κ1) is 30.9. The highest BCUT2D eigenvalue weighted by molar-refractivity contribution is 5.95. The number of benzene rings is 6. The summed E-state index contributed by atoms with van der Waals surface area (Å²) in [6.07, 6.45) is -4.57. The van der Waals surface area contributed by atoms with E-state index in [1.807, 2.05) is 108 Å². The van der Waals surface area contributed by atoms with Crippen molar-refractivity contribution in [1.29, 1.82) is 0 Å². The van der Waals surface area contributed by atoms with E-state index >= 15 is 0 Å². The second-order valence-corrected chi connectivity index (χ2v) is 11.9. The van der Waals surface area contributed by atoms with Crippen LogP contribution in [0.5, 0.6) is 0 Å². The van der Waals surface area contributed by atoms with Gasteiger partial charge in [0.25, 0.3) is 0 Å². The summed E-state index contributed by atoms with van der Waals surface area (Å²) < 4.78 is 41.4. The van der Waals surface area contributed by atoms with Crippen LogP contribution in [0.3, 0.4) is 0 Å². The van der Waals surface area contributed by atoms with Crippen molar-refractivity contribution in [2.75, 3.05) is 0 Å². The highest BCUT2D eigenvalue weighted by Gasteiger charge is 2.46. The van der Waals surface area contributed by atoms with Crippen LogP contribution in [0.15, 0.2) is 170 Å². The van der Waals surface area contributed by atoms with E-state index in [1.165, 1.54) is 0 Å². The number of nitrogens with zero attached hydrogens (tertiary/aromatic N) is 4. The molecular weight excluding hydrogens is 631 g/mol. The normalized spacial score (nSPS) is 11.9. The van der Waals surface area contributed by atoms with Crippen LogP contribution in [-0.2, 0) is 11.7 Å². The summed E-state index contributed by atoms with van der Waals surface area (Å²) >= 11 is 0. The standard InChI is InChI=1S/C42H28F3N5/c43-42(44,45)39-28-37(35-21-12-13-23-38(35)46-39)30-26-24-29(25-27-30)34-20-10-11-22-36(34)40-47-49-50(48-40)41(31-14-4-1-5-15-31,32-16-6-2-7-17-32)33-18-8-3-9-19-33/h1-28H/p+1. The van der Waals surface area contributed by atoms with Crippen LogP contribution in [0.25, 0.3) is 44.5 Å². The van der Waals surface area contributed by atoms with E-state index in [0.29, 0.717) is 27.9 Å². The van der Waals surface area contributed by atoms with E-state index in [-0.39, 0.29) is 0 Å². The Balaban J connectivity index is 1.24. The molecule has 242 valence electrons. The molecule has 2 aromatic heterocycles. The van der Waals surface area contributed by atoms with Gasteiger partial charge in [0.15, 0.2) is 0 Å². The molecule has 8 aromatic rings. The first-order chi connectivity index (χ1) is 24.4. The Morgan fingerprint density at radius 2 is 0.980 bits per heavy atom. The number of hydrogen-bond acceptors (Lipinski definition) is 3. The predicted octanol–water partition coefficient (Wildman–Crippen LogP) is 9.50. The van der Waals surface area contributed by atoms with E-state index in [0.717, 1.165) is 39.4 Å². The number of alkyl halides is 3. The lowest BCUT2D eigenvalue weighted by Crippen LogP contribution is -2.62. The molecule has 0 amide bonds. The lowest BCUT2D eigenvalue weighted by molar-refractivity contribution is -0.836. The van der Waals surface area contributed by atoms with Crippen LogP contribution < -0.4 is 4.80 Å². The Labute approximate surface area is 286 Å². The minimum atomic E-state index is -4.57. The molecule has 0 bridgehead atoms. The number of hydrogen-bond donors (Lipinski definition) is 1. The molecule has 0 aliphatic carbocycles. The van der Waals surface area contributed by atoms with E-state index in [9.17, 15) is 13.2 Å². The topological polar surface area (TPSA) is 58.3 Å². The molecule has 0 spiro atoms. The summed E-state index contributed by atoms with van der Waals surface area (Å²) in [6, 6.07) is 54.0. The Bertz CT molecular complexity index is 2310. The molecule has 0 saturated heterocycles. The average molecular weight is 661 g/mol. The molecule has 2 heterocycles. The fraction of sp³-hybridized carbons (Fsp3) is 0.0476. The lowest BCUT2D eigenvalue weighted by atomic mass is 9.77. The summed E-state index contributed by atoms with van der Waals surface area (Å²) in [5.41, 5.74) is 5.20. The summed E-state index contributed by atoms with van der Waals surface area (Å²) in [6.45, 7) is 0. The maximum absolute atomic E-state index is 13.8. The molecule has 6 aromatic carbocycles. The van der Waals surface area contributed by atoms with Crippen LogP contribution in [0.2, 0.25) is 0 Å². The summed E-state index contributed by atoms with van der Waals surface area (Å²) in [7, 11) is 0. The molecule has 8 heteroatoms. The molecule has 0 aliphatic rings. The zero-order valence-electron chi connectivity index (χ0n) is 26.6. The fourth-order valence-corrected chi connectivity index (χ4v) is 6.72. The van der Waals surface area contributed by atoms with Crippen LogP contribution in [0.4, 0.5) is 13.2 Å². The molecule has 0 unspecified atom stereocenters. The highest BCUT2D eigenvalue weighted by atomic mass is 19.4. The largest absolute Gasteiger partial charge is 0.433 e. The van der Waals surface area contributed by atoms with Crippen LogP contribution in [0.1, 0.15) is 22.4 Å². The number of para-hydroxylation sites is 1. The van der Waals surface area contributed by atoms with Crippen LogP contribution >= 0.6 is 0 Å². The number of pyridine rings is 1. The Morgan fingerprint density at radius 3 is 1.54 bits per heavy atom. The van der Waals surface area contributed by atoms with Crippen molar-refractivity contribution in [2.45, 2.75) is 11.7 Å². The molecule has 0 radical (unpaired) electrons. The van der Waals surface area contributed by atoms with Crippen molar-refractivity contribution in [2.24, 2.45) is 0 Å². The zero-order chi connectivity index (χ0) is 34.1. The molecule has 8 rings (SSSR count). The lowest BCUT2D eigenvalue weighted by Gasteiger charge is -2.29. The minimum absolute atomic E-state index is 0.294. The van der Waals surface area contributed by atoms with Gasteiger partial charge in [-0.2, -0.15) is 13.2 Å². The first-order valence-electron chi connectivity index (χ1n) is 16.1. The number of tetrazole rings is 1.